The predicted octanol–water partition coefficient (Wildman–Crippen LogP) is 2.32. The largest absolute Gasteiger partial charge is 0.439 e. The fraction of sp³-hybridized carbons (Fsp3) is 0.167. The van der Waals surface area contributed by atoms with Crippen LogP contribution in [0.4, 0.5) is 11.5 Å². The van der Waals surface area contributed by atoms with Crippen molar-refractivity contribution < 1.29 is 9.66 Å². The number of hydrogen-bond acceptors (Lipinski definition) is 6. The summed E-state index contributed by atoms with van der Waals surface area (Å²) in [6.07, 6.45) is 1.95. The number of aromatic nitrogens is 2. The number of nitrogens with two attached hydrogens (primary N) is 1. The van der Waals surface area contributed by atoms with Crippen molar-refractivity contribution >= 4 is 11.5 Å². The predicted molar refractivity (Wildman–Crippen MR) is 69.0 cm³/mol. The fourth-order valence-corrected chi connectivity index (χ4v) is 1.58. The maximum Gasteiger partial charge on any atom is 0.269 e. The fourth-order valence-electron chi connectivity index (χ4n) is 1.58. The van der Waals surface area contributed by atoms with Crippen LogP contribution in [0.25, 0.3) is 0 Å². The summed E-state index contributed by atoms with van der Waals surface area (Å²) < 4.78 is 5.56. The minimum atomic E-state index is -0.468. The summed E-state index contributed by atoms with van der Waals surface area (Å²) in [7, 11) is 0. The molecule has 0 bridgehead atoms. The van der Waals surface area contributed by atoms with Crippen LogP contribution in [-0.2, 0) is 6.42 Å². The Balaban J connectivity index is 2.26. The Morgan fingerprint density at radius 3 is 2.58 bits per heavy atom. The van der Waals surface area contributed by atoms with Gasteiger partial charge in [-0.1, -0.05) is 6.92 Å². The van der Waals surface area contributed by atoms with Gasteiger partial charge in [-0.2, -0.15) is 0 Å². The van der Waals surface area contributed by atoms with Crippen LogP contribution in [0.3, 0.4) is 0 Å². The van der Waals surface area contributed by atoms with E-state index in [1.165, 1.54) is 30.6 Å². The van der Waals surface area contributed by atoms with Crippen LogP contribution in [0.2, 0.25) is 0 Å². The highest BCUT2D eigenvalue weighted by Crippen LogP contribution is 2.27. The van der Waals surface area contributed by atoms with Crippen molar-refractivity contribution in [2.45, 2.75) is 13.3 Å². The zero-order chi connectivity index (χ0) is 13.8. The van der Waals surface area contributed by atoms with Crippen molar-refractivity contribution in [2.24, 2.45) is 0 Å². The van der Waals surface area contributed by atoms with Crippen LogP contribution < -0.4 is 10.5 Å². The molecule has 0 spiro atoms. The lowest BCUT2D eigenvalue weighted by atomic mass is 10.2. The molecule has 0 saturated heterocycles. The molecular weight excluding hydrogens is 248 g/mol. The Bertz CT molecular complexity index is 598. The lowest BCUT2D eigenvalue weighted by molar-refractivity contribution is -0.384. The number of nitrogen functional groups attached to an aromatic ring is 1. The smallest absolute Gasteiger partial charge is 0.269 e. The van der Waals surface area contributed by atoms with Gasteiger partial charge in [-0.05, 0) is 18.6 Å². The van der Waals surface area contributed by atoms with Crippen LogP contribution in [0, 0.1) is 10.1 Å². The molecule has 0 unspecified atom stereocenters. The van der Waals surface area contributed by atoms with Gasteiger partial charge in [0.2, 0.25) is 5.88 Å². The van der Waals surface area contributed by atoms with Crippen LogP contribution >= 0.6 is 0 Å². The highest BCUT2D eigenvalue weighted by Gasteiger charge is 2.10. The second-order valence-electron chi connectivity index (χ2n) is 3.75. The Morgan fingerprint density at radius 1 is 1.32 bits per heavy atom. The van der Waals surface area contributed by atoms with Crippen molar-refractivity contribution in [3.63, 3.8) is 0 Å². The van der Waals surface area contributed by atoms with E-state index in [0.29, 0.717) is 29.4 Å². The quantitative estimate of drug-likeness (QED) is 0.668. The first kappa shape index (κ1) is 12.7. The topological polar surface area (TPSA) is 104 Å². The zero-order valence-corrected chi connectivity index (χ0v) is 10.2. The summed E-state index contributed by atoms with van der Waals surface area (Å²) in [4.78, 5) is 18.0. The highest BCUT2D eigenvalue weighted by molar-refractivity contribution is 5.46. The van der Waals surface area contributed by atoms with Gasteiger partial charge in [-0.15, -0.1) is 0 Å². The Labute approximate surface area is 109 Å². The molecule has 1 aromatic heterocycles. The molecule has 7 nitrogen and oxygen atoms in total. The summed E-state index contributed by atoms with van der Waals surface area (Å²) in [6.45, 7) is 1.91. The van der Waals surface area contributed by atoms with Gasteiger partial charge < -0.3 is 10.5 Å². The molecular formula is C12H12N4O3. The Morgan fingerprint density at radius 2 is 2.00 bits per heavy atom. The molecule has 0 aliphatic rings. The molecule has 2 aromatic rings. The van der Waals surface area contributed by atoms with Gasteiger partial charge in [0.15, 0.2) is 0 Å². The molecule has 1 aromatic carbocycles. The number of nitro benzene ring substituents is 1. The lowest BCUT2D eigenvalue weighted by Gasteiger charge is -2.09. The molecule has 2 rings (SSSR count). The molecule has 0 aliphatic carbocycles. The number of nitrogens with zero attached hydrogens (tertiary/aromatic N) is 3. The standard InChI is InChI=1S/C12H12N4O3/c1-2-10-11(13)14-7-15-12(10)19-9-5-3-8(4-6-9)16(17)18/h3-7H,2H2,1H3,(H2,13,14,15). The van der Waals surface area contributed by atoms with E-state index < -0.39 is 4.92 Å². The lowest BCUT2D eigenvalue weighted by Crippen LogP contribution is -2.01. The average Bonchev–Trinajstić information content (AvgIpc) is 2.39. The van der Waals surface area contributed by atoms with Crippen molar-refractivity contribution in [1.29, 1.82) is 0 Å². The Kier molecular flexibility index (Phi) is 3.56. The molecule has 7 heteroatoms. The van der Waals surface area contributed by atoms with Gasteiger partial charge >= 0.3 is 0 Å². The number of ether oxygens (including phenoxy) is 1. The molecule has 98 valence electrons. The van der Waals surface area contributed by atoms with Crippen molar-refractivity contribution in [3.05, 3.63) is 46.3 Å². The molecule has 19 heavy (non-hydrogen) atoms. The van der Waals surface area contributed by atoms with Gasteiger partial charge in [0.05, 0.1) is 10.5 Å². The molecule has 0 amide bonds. The summed E-state index contributed by atoms with van der Waals surface area (Å²) in [5.41, 5.74) is 6.44. The molecule has 1 heterocycles. The molecule has 0 fully saturated rings. The molecule has 0 radical (unpaired) electrons. The first-order chi connectivity index (χ1) is 9.11. The zero-order valence-electron chi connectivity index (χ0n) is 10.2. The van der Waals surface area contributed by atoms with E-state index in [1.807, 2.05) is 6.92 Å². The number of non-ortho nitro benzene ring substituents is 1. The van der Waals surface area contributed by atoms with E-state index in [9.17, 15) is 10.1 Å². The highest BCUT2D eigenvalue weighted by atomic mass is 16.6. The maximum absolute atomic E-state index is 10.5. The van der Waals surface area contributed by atoms with E-state index in [2.05, 4.69) is 9.97 Å². The normalized spacial score (nSPS) is 10.2. The monoisotopic (exact) mass is 260 g/mol. The summed E-state index contributed by atoms with van der Waals surface area (Å²) in [5, 5.41) is 10.5. The molecule has 0 aliphatic heterocycles. The van der Waals surface area contributed by atoms with Crippen LogP contribution in [0.15, 0.2) is 30.6 Å². The first-order valence-corrected chi connectivity index (χ1v) is 5.63. The number of nitro groups is 1. The number of hydrogen-bond donors (Lipinski definition) is 1. The molecule has 2 N–H and O–H groups in total. The van der Waals surface area contributed by atoms with Crippen LogP contribution in [-0.4, -0.2) is 14.9 Å². The van der Waals surface area contributed by atoms with Gasteiger partial charge in [0.1, 0.15) is 17.9 Å². The SMILES string of the molecule is CCc1c(N)ncnc1Oc1ccc([N+](=O)[O-])cc1. The number of anilines is 1. The maximum atomic E-state index is 10.5. The Hall–Kier alpha value is -2.70. The van der Waals surface area contributed by atoms with Gasteiger partial charge in [0.25, 0.3) is 5.69 Å². The first-order valence-electron chi connectivity index (χ1n) is 5.63. The van der Waals surface area contributed by atoms with Crippen molar-refractivity contribution in [3.8, 4) is 11.6 Å². The second kappa shape index (κ2) is 5.30. The minimum Gasteiger partial charge on any atom is -0.439 e. The third-order valence-corrected chi connectivity index (χ3v) is 2.55. The summed E-state index contributed by atoms with van der Waals surface area (Å²) in [6, 6.07) is 5.75. The number of benzene rings is 1. The van der Waals surface area contributed by atoms with Crippen LogP contribution in [0.5, 0.6) is 11.6 Å². The van der Waals surface area contributed by atoms with Gasteiger partial charge in [-0.3, -0.25) is 10.1 Å². The van der Waals surface area contributed by atoms with Gasteiger partial charge in [-0.25, -0.2) is 9.97 Å². The molecule has 0 atom stereocenters. The minimum absolute atomic E-state index is 0.00488. The van der Waals surface area contributed by atoms with E-state index in [0.717, 1.165) is 0 Å². The van der Waals surface area contributed by atoms with Crippen molar-refractivity contribution in [1.82, 2.24) is 9.97 Å². The average molecular weight is 260 g/mol. The third kappa shape index (κ3) is 2.76. The second-order valence-corrected chi connectivity index (χ2v) is 3.75. The van der Waals surface area contributed by atoms with Crippen molar-refractivity contribution in [2.75, 3.05) is 5.73 Å². The van der Waals surface area contributed by atoms with Crippen LogP contribution in [0.1, 0.15) is 12.5 Å². The molecule has 0 saturated carbocycles. The summed E-state index contributed by atoms with van der Waals surface area (Å²) >= 11 is 0. The number of rotatable bonds is 4. The van der Waals surface area contributed by atoms with E-state index in [-0.39, 0.29) is 5.69 Å². The van der Waals surface area contributed by atoms with E-state index >= 15 is 0 Å². The summed E-state index contributed by atoms with van der Waals surface area (Å²) in [5.74, 6) is 1.19. The van der Waals surface area contributed by atoms with E-state index in [4.69, 9.17) is 10.5 Å². The van der Waals surface area contributed by atoms with Gasteiger partial charge in [0, 0.05) is 12.1 Å². The van der Waals surface area contributed by atoms with E-state index in [1.54, 1.807) is 0 Å². The third-order valence-electron chi connectivity index (χ3n) is 2.55.